The van der Waals surface area contributed by atoms with E-state index in [1.165, 1.54) is 6.42 Å². The van der Waals surface area contributed by atoms with Gasteiger partial charge in [0.05, 0.1) is 0 Å². The van der Waals surface area contributed by atoms with Gasteiger partial charge in [0.1, 0.15) is 0 Å². The fourth-order valence-corrected chi connectivity index (χ4v) is 2.36. The van der Waals surface area contributed by atoms with Gasteiger partial charge < -0.3 is 11.5 Å². The zero-order valence-corrected chi connectivity index (χ0v) is 8.51. The zero-order chi connectivity index (χ0) is 9.35. The van der Waals surface area contributed by atoms with Crippen LogP contribution in [0.2, 0.25) is 0 Å². The van der Waals surface area contributed by atoms with Gasteiger partial charge in [-0.15, -0.1) is 0 Å². The molecular formula is C10H22N2. The first-order valence-electron chi connectivity index (χ1n) is 4.95. The molecule has 72 valence electrons. The number of nitrogens with two attached hydrogens (primary N) is 2. The molecule has 0 radical (unpaired) electrons. The molecule has 1 saturated carbocycles. The van der Waals surface area contributed by atoms with E-state index in [4.69, 9.17) is 11.5 Å². The summed E-state index contributed by atoms with van der Waals surface area (Å²) in [5.74, 6) is 1.26. The second-order valence-corrected chi connectivity index (χ2v) is 4.78. The molecule has 4 N–H and O–H groups in total. The summed E-state index contributed by atoms with van der Waals surface area (Å²) in [5.41, 5.74) is 12.1. The van der Waals surface area contributed by atoms with E-state index >= 15 is 0 Å². The SMILES string of the molecule is CC1C(N)CCC(CN)C1(C)C. The minimum atomic E-state index is 0.326. The van der Waals surface area contributed by atoms with Crippen LogP contribution in [0.4, 0.5) is 0 Å². The highest BCUT2D eigenvalue weighted by Crippen LogP contribution is 2.43. The normalized spacial score (nSPS) is 41.2. The molecule has 1 rings (SSSR count). The molecule has 3 unspecified atom stereocenters. The van der Waals surface area contributed by atoms with E-state index < -0.39 is 0 Å². The summed E-state index contributed by atoms with van der Waals surface area (Å²) in [5, 5.41) is 0. The summed E-state index contributed by atoms with van der Waals surface area (Å²) in [7, 11) is 0. The molecule has 1 aliphatic rings. The molecule has 0 heterocycles. The molecule has 0 bridgehead atoms. The smallest absolute Gasteiger partial charge is 0.00698 e. The van der Waals surface area contributed by atoms with Gasteiger partial charge in [0, 0.05) is 6.04 Å². The van der Waals surface area contributed by atoms with Gasteiger partial charge in [-0.3, -0.25) is 0 Å². The van der Waals surface area contributed by atoms with Crippen LogP contribution < -0.4 is 11.5 Å². The van der Waals surface area contributed by atoms with E-state index in [0.717, 1.165) is 13.0 Å². The second kappa shape index (κ2) is 3.35. The van der Waals surface area contributed by atoms with E-state index in [9.17, 15) is 0 Å². The van der Waals surface area contributed by atoms with Crippen LogP contribution in [-0.4, -0.2) is 12.6 Å². The van der Waals surface area contributed by atoms with Crippen LogP contribution >= 0.6 is 0 Å². The Morgan fingerprint density at radius 3 is 2.42 bits per heavy atom. The van der Waals surface area contributed by atoms with Crippen molar-refractivity contribution >= 4 is 0 Å². The lowest BCUT2D eigenvalue weighted by molar-refractivity contribution is 0.0595. The largest absolute Gasteiger partial charge is 0.330 e. The van der Waals surface area contributed by atoms with Gasteiger partial charge in [0.25, 0.3) is 0 Å². The molecule has 0 spiro atoms. The number of hydrogen-bond acceptors (Lipinski definition) is 2. The van der Waals surface area contributed by atoms with Gasteiger partial charge in [0.15, 0.2) is 0 Å². The number of hydrogen-bond donors (Lipinski definition) is 2. The maximum atomic E-state index is 6.03. The first-order chi connectivity index (χ1) is 5.50. The third kappa shape index (κ3) is 1.50. The average molecular weight is 170 g/mol. The van der Waals surface area contributed by atoms with Gasteiger partial charge in [-0.25, -0.2) is 0 Å². The molecular weight excluding hydrogens is 148 g/mol. The van der Waals surface area contributed by atoms with Gasteiger partial charge in [0.2, 0.25) is 0 Å². The van der Waals surface area contributed by atoms with E-state index in [0.29, 0.717) is 23.3 Å². The lowest BCUT2D eigenvalue weighted by Crippen LogP contribution is -2.48. The van der Waals surface area contributed by atoms with Crippen molar-refractivity contribution in [1.29, 1.82) is 0 Å². The third-order valence-corrected chi connectivity index (χ3v) is 4.00. The van der Waals surface area contributed by atoms with Crippen LogP contribution in [0.15, 0.2) is 0 Å². The molecule has 0 aromatic heterocycles. The van der Waals surface area contributed by atoms with Crippen LogP contribution in [0.3, 0.4) is 0 Å². The van der Waals surface area contributed by atoms with Gasteiger partial charge in [-0.1, -0.05) is 20.8 Å². The molecule has 2 nitrogen and oxygen atoms in total. The molecule has 0 amide bonds. The molecule has 2 heteroatoms. The Morgan fingerprint density at radius 1 is 1.33 bits per heavy atom. The standard InChI is InChI=1S/C10H22N2/c1-7-9(12)5-4-8(6-11)10(7,2)3/h7-9H,4-6,11-12H2,1-3H3. The molecule has 0 saturated heterocycles. The van der Waals surface area contributed by atoms with Crippen molar-refractivity contribution in [2.24, 2.45) is 28.7 Å². The summed E-state index contributed by atoms with van der Waals surface area (Å²) in [6.45, 7) is 7.67. The van der Waals surface area contributed by atoms with Crippen molar-refractivity contribution in [2.45, 2.75) is 39.7 Å². The summed E-state index contributed by atoms with van der Waals surface area (Å²) in [6, 6.07) is 0.378. The maximum absolute atomic E-state index is 6.03. The summed E-state index contributed by atoms with van der Waals surface area (Å²) >= 11 is 0. The molecule has 0 aliphatic heterocycles. The van der Waals surface area contributed by atoms with Crippen molar-refractivity contribution in [3.05, 3.63) is 0 Å². The fourth-order valence-electron chi connectivity index (χ4n) is 2.36. The monoisotopic (exact) mass is 170 g/mol. The number of rotatable bonds is 1. The Morgan fingerprint density at radius 2 is 1.92 bits per heavy atom. The van der Waals surface area contributed by atoms with Crippen molar-refractivity contribution in [2.75, 3.05) is 6.54 Å². The molecule has 1 aliphatic carbocycles. The highest BCUT2D eigenvalue weighted by Gasteiger charge is 2.40. The van der Waals surface area contributed by atoms with Crippen LogP contribution in [-0.2, 0) is 0 Å². The molecule has 12 heavy (non-hydrogen) atoms. The Balaban J connectivity index is 2.73. The molecule has 0 aromatic carbocycles. The van der Waals surface area contributed by atoms with Crippen molar-refractivity contribution in [3.8, 4) is 0 Å². The summed E-state index contributed by atoms with van der Waals surface area (Å²) in [6.07, 6.45) is 2.35. The predicted molar refractivity (Wildman–Crippen MR) is 52.7 cm³/mol. The maximum Gasteiger partial charge on any atom is 0.00698 e. The first kappa shape index (κ1) is 10.0. The second-order valence-electron chi connectivity index (χ2n) is 4.78. The van der Waals surface area contributed by atoms with Crippen LogP contribution in [0.1, 0.15) is 33.6 Å². The zero-order valence-electron chi connectivity index (χ0n) is 8.51. The average Bonchev–Trinajstić information content (AvgIpc) is 2.01. The minimum Gasteiger partial charge on any atom is -0.330 e. The van der Waals surface area contributed by atoms with Crippen molar-refractivity contribution < 1.29 is 0 Å². The quantitative estimate of drug-likeness (QED) is 0.624. The highest BCUT2D eigenvalue weighted by atomic mass is 14.7. The van der Waals surface area contributed by atoms with Crippen LogP contribution in [0.25, 0.3) is 0 Å². The van der Waals surface area contributed by atoms with Crippen molar-refractivity contribution in [1.82, 2.24) is 0 Å². The van der Waals surface area contributed by atoms with Gasteiger partial charge in [-0.05, 0) is 36.6 Å². The summed E-state index contributed by atoms with van der Waals surface area (Å²) in [4.78, 5) is 0. The van der Waals surface area contributed by atoms with E-state index in [-0.39, 0.29) is 0 Å². The van der Waals surface area contributed by atoms with E-state index in [1.807, 2.05) is 0 Å². The van der Waals surface area contributed by atoms with E-state index in [2.05, 4.69) is 20.8 Å². The van der Waals surface area contributed by atoms with E-state index in [1.54, 1.807) is 0 Å². The van der Waals surface area contributed by atoms with Gasteiger partial charge in [-0.2, -0.15) is 0 Å². The lowest BCUT2D eigenvalue weighted by Gasteiger charge is -2.46. The first-order valence-corrected chi connectivity index (χ1v) is 4.95. The Hall–Kier alpha value is -0.0800. The molecule has 1 fully saturated rings. The van der Waals surface area contributed by atoms with Gasteiger partial charge >= 0.3 is 0 Å². The van der Waals surface area contributed by atoms with Crippen LogP contribution in [0, 0.1) is 17.3 Å². The molecule has 0 aromatic rings. The van der Waals surface area contributed by atoms with Crippen molar-refractivity contribution in [3.63, 3.8) is 0 Å². The van der Waals surface area contributed by atoms with Crippen LogP contribution in [0.5, 0.6) is 0 Å². The highest BCUT2D eigenvalue weighted by molar-refractivity contribution is 4.93. The fraction of sp³-hybridized carbons (Fsp3) is 1.00. The third-order valence-electron chi connectivity index (χ3n) is 4.00. The Bertz CT molecular complexity index is 150. The minimum absolute atomic E-state index is 0.326. The topological polar surface area (TPSA) is 52.0 Å². The Kier molecular flexibility index (Phi) is 2.79. The lowest BCUT2D eigenvalue weighted by atomic mass is 9.61. The summed E-state index contributed by atoms with van der Waals surface area (Å²) < 4.78 is 0. The Labute approximate surface area is 75.7 Å². The predicted octanol–water partition coefficient (Wildman–Crippen LogP) is 1.34. The molecule has 3 atom stereocenters.